The maximum atomic E-state index is 5.83. The Balaban J connectivity index is 1.69. The number of nitrogens with zero attached hydrogens (tertiary/aromatic N) is 2. The van der Waals surface area contributed by atoms with E-state index in [4.69, 9.17) is 4.74 Å². The van der Waals surface area contributed by atoms with Crippen molar-refractivity contribution in [2.24, 2.45) is 7.05 Å². The fourth-order valence-electron chi connectivity index (χ4n) is 2.57. The largest absolute Gasteiger partial charge is 0.377 e. The van der Waals surface area contributed by atoms with Gasteiger partial charge >= 0.3 is 0 Å². The molecule has 0 spiro atoms. The quantitative estimate of drug-likeness (QED) is 0.782. The molecule has 4 nitrogen and oxygen atoms in total. The molecule has 1 aliphatic carbocycles. The second-order valence-corrected chi connectivity index (χ2v) is 5.93. The molecule has 0 radical (unpaired) electrons. The molecule has 1 N–H and O–H groups in total. The van der Waals surface area contributed by atoms with Gasteiger partial charge in [0.1, 0.15) is 0 Å². The molecule has 0 atom stereocenters. The van der Waals surface area contributed by atoms with Crippen molar-refractivity contribution in [3.63, 3.8) is 0 Å². The van der Waals surface area contributed by atoms with Crippen LogP contribution in [-0.4, -0.2) is 29.0 Å². The SMILES string of the molecule is CCc1nn(C)c(CNCCOC2CCCC2)c1Br. The lowest BCUT2D eigenvalue weighted by molar-refractivity contribution is 0.0602. The molecule has 0 saturated heterocycles. The summed E-state index contributed by atoms with van der Waals surface area (Å²) in [6.45, 7) is 4.66. The van der Waals surface area contributed by atoms with E-state index in [1.807, 2.05) is 11.7 Å². The van der Waals surface area contributed by atoms with Crippen molar-refractivity contribution in [2.75, 3.05) is 13.2 Å². The van der Waals surface area contributed by atoms with Crippen molar-refractivity contribution < 1.29 is 4.74 Å². The Morgan fingerprint density at radius 3 is 2.79 bits per heavy atom. The van der Waals surface area contributed by atoms with Crippen LogP contribution in [0, 0.1) is 0 Å². The second-order valence-electron chi connectivity index (χ2n) is 5.14. The number of ether oxygens (including phenoxy) is 1. The summed E-state index contributed by atoms with van der Waals surface area (Å²) < 4.78 is 8.92. The molecule has 0 aliphatic heterocycles. The summed E-state index contributed by atoms with van der Waals surface area (Å²) in [5, 5.41) is 7.92. The molecule has 1 heterocycles. The topological polar surface area (TPSA) is 39.1 Å². The number of nitrogens with one attached hydrogen (secondary N) is 1. The van der Waals surface area contributed by atoms with E-state index in [-0.39, 0.29) is 0 Å². The van der Waals surface area contributed by atoms with E-state index in [0.717, 1.165) is 36.3 Å². The first-order chi connectivity index (χ1) is 9.22. The van der Waals surface area contributed by atoms with Crippen molar-refractivity contribution in [3.8, 4) is 0 Å². The van der Waals surface area contributed by atoms with E-state index in [9.17, 15) is 0 Å². The van der Waals surface area contributed by atoms with Crippen LogP contribution in [0.5, 0.6) is 0 Å². The monoisotopic (exact) mass is 329 g/mol. The summed E-state index contributed by atoms with van der Waals surface area (Å²) in [4.78, 5) is 0. The van der Waals surface area contributed by atoms with Gasteiger partial charge in [-0.3, -0.25) is 4.68 Å². The van der Waals surface area contributed by atoms with E-state index >= 15 is 0 Å². The summed E-state index contributed by atoms with van der Waals surface area (Å²) in [7, 11) is 2.00. The van der Waals surface area contributed by atoms with Crippen LogP contribution in [0.1, 0.15) is 44.0 Å². The van der Waals surface area contributed by atoms with Gasteiger partial charge in [0.2, 0.25) is 0 Å². The van der Waals surface area contributed by atoms with Gasteiger partial charge in [-0.15, -0.1) is 0 Å². The van der Waals surface area contributed by atoms with Crippen LogP contribution in [-0.2, 0) is 24.8 Å². The lowest BCUT2D eigenvalue weighted by atomic mass is 10.3. The second kappa shape index (κ2) is 7.41. The number of aromatic nitrogens is 2. The Kier molecular flexibility index (Phi) is 5.85. The minimum Gasteiger partial charge on any atom is -0.377 e. The van der Waals surface area contributed by atoms with Crippen molar-refractivity contribution in [3.05, 3.63) is 15.9 Å². The lowest BCUT2D eigenvalue weighted by Crippen LogP contribution is -2.23. The first kappa shape index (κ1) is 15.0. The number of rotatable bonds is 7. The highest BCUT2D eigenvalue weighted by Gasteiger charge is 2.15. The zero-order valence-corrected chi connectivity index (χ0v) is 13.5. The average molecular weight is 330 g/mol. The van der Waals surface area contributed by atoms with Gasteiger partial charge < -0.3 is 10.1 Å². The summed E-state index contributed by atoms with van der Waals surface area (Å²) in [6, 6.07) is 0. The summed E-state index contributed by atoms with van der Waals surface area (Å²) in [5.41, 5.74) is 2.33. The van der Waals surface area contributed by atoms with Gasteiger partial charge in [0, 0.05) is 20.1 Å². The predicted molar refractivity (Wildman–Crippen MR) is 80.2 cm³/mol. The summed E-state index contributed by atoms with van der Waals surface area (Å²) in [6.07, 6.45) is 6.62. The zero-order valence-electron chi connectivity index (χ0n) is 11.9. The van der Waals surface area contributed by atoms with E-state index in [0.29, 0.717) is 6.10 Å². The molecule has 108 valence electrons. The average Bonchev–Trinajstić information content (AvgIpc) is 3.00. The zero-order chi connectivity index (χ0) is 13.7. The normalized spacial score (nSPS) is 16.4. The first-order valence-electron chi connectivity index (χ1n) is 7.25. The fraction of sp³-hybridized carbons (Fsp3) is 0.786. The molecular formula is C14H24BrN3O. The van der Waals surface area contributed by atoms with Gasteiger partial charge in [-0.25, -0.2) is 0 Å². The molecule has 0 bridgehead atoms. The van der Waals surface area contributed by atoms with Crippen LogP contribution >= 0.6 is 15.9 Å². The Morgan fingerprint density at radius 2 is 2.16 bits per heavy atom. The van der Waals surface area contributed by atoms with Crippen molar-refractivity contribution >= 4 is 15.9 Å². The third-order valence-electron chi connectivity index (χ3n) is 3.73. The number of hydrogen-bond acceptors (Lipinski definition) is 3. The molecule has 1 fully saturated rings. The molecule has 1 aliphatic rings. The molecule has 1 aromatic rings. The van der Waals surface area contributed by atoms with Crippen LogP contribution in [0.25, 0.3) is 0 Å². The first-order valence-corrected chi connectivity index (χ1v) is 8.04. The fourth-order valence-corrected chi connectivity index (χ4v) is 3.33. The predicted octanol–water partition coefficient (Wildman–Crippen LogP) is 2.79. The molecule has 1 saturated carbocycles. The highest BCUT2D eigenvalue weighted by molar-refractivity contribution is 9.10. The smallest absolute Gasteiger partial charge is 0.0767 e. The molecule has 5 heteroatoms. The maximum Gasteiger partial charge on any atom is 0.0767 e. The van der Waals surface area contributed by atoms with Gasteiger partial charge in [0.05, 0.1) is 28.6 Å². The van der Waals surface area contributed by atoms with Gasteiger partial charge in [0.25, 0.3) is 0 Å². The minimum atomic E-state index is 0.511. The van der Waals surface area contributed by atoms with Crippen LogP contribution in [0.2, 0.25) is 0 Å². The summed E-state index contributed by atoms with van der Waals surface area (Å²) >= 11 is 3.63. The highest BCUT2D eigenvalue weighted by Crippen LogP contribution is 2.22. The Bertz CT molecular complexity index is 400. The molecular weight excluding hydrogens is 306 g/mol. The van der Waals surface area contributed by atoms with E-state index in [1.54, 1.807) is 0 Å². The molecule has 0 unspecified atom stereocenters. The van der Waals surface area contributed by atoms with Crippen LogP contribution < -0.4 is 5.32 Å². The standard InChI is InChI=1S/C14H24BrN3O/c1-3-12-14(15)13(18(2)17-12)10-16-8-9-19-11-6-4-5-7-11/h11,16H,3-10H2,1-2H3. The van der Waals surface area contributed by atoms with E-state index in [1.165, 1.54) is 31.4 Å². The van der Waals surface area contributed by atoms with Crippen LogP contribution in [0.3, 0.4) is 0 Å². The number of halogens is 1. The molecule has 2 rings (SSSR count). The van der Waals surface area contributed by atoms with Gasteiger partial charge in [-0.05, 0) is 35.2 Å². The maximum absolute atomic E-state index is 5.83. The van der Waals surface area contributed by atoms with E-state index < -0.39 is 0 Å². The Labute approximate surface area is 124 Å². The molecule has 0 aromatic carbocycles. The molecule has 1 aromatic heterocycles. The third-order valence-corrected chi connectivity index (χ3v) is 4.65. The van der Waals surface area contributed by atoms with E-state index in [2.05, 4.69) is 33.3 Å². The number of hydrogen-bond donors (Lipinski definition) is 1. The molecule has 19 heavy (non-hydrogen) atoms. The Morgan fingerprint density at radius 1 is 1.42 bits per heavy atom. The van der Waals surface area contributed by atoms with Crippen LogP contribution in [0.15, 0.2) is 4.47 Å². The minimum absolute atomic E-state index is 0.511. The van der Waals surface area contributed by atoms with Crippen molar-refractivity contribution in [2.45, 2.75) is 51.7 Å². The van der Waals surface area contributed by atoms with Crippen molar-refractivity contribution in [1.29, 1.82) is 0 Å². The van der Waals surface area contributed by atoms with Gasteiger partial charge in [-0.2, -0.15) is 5.10 Å². The Hall–Kier alpha value is -0.390. The van der Waals surface area contributed by atoms with Gasteiger partial charge in [-0.1, -0.05) is 19.8 Å². The van der Waals surface area contributed by atoms with Gasteiger partial charge in [0.15, 0.2) is 0 Å². The highest BCUT2D eigenvalue weighted by atomic mass is 79.9. The summed E-state index contributed by atoms with van der Waals surface area (Å²) in [5.74, 6) is 0. The third kappa shape index (κ3) is 4.04. The lowest BCUT2D eigenvalue weighted by Gasteiger charge is -2.11. The number of aryl methyl sites for hydroxylation is 2. The van der Waals surface area contributed by atoms with Crippen LogP contribution in [0.4, 0.5) is 0 Å². The van der Waals surface area contributed by atoms with Crippen molar-refractivity contribution in [1.82, 2.24) is 15.1 Å². The molecule has 0 amide bonds.